The van der Waals surface area contributed by atoms with Gasteiger partial charge in [-0.1, -0.05) is 15.9 Å². The second kappa shape index (κ2) is 3.09. The van der Waals surface area contributed by atoms with Gasteiger partial charge in [0.2, 0.25) is 0 Å². The molecule has 1 nitrogen and oxygen atoms in total. The van der Waals surface area contributed by atoms with Crippen molar-refractivity contribution < 1.29 is 4.79 Å². The van der Waals surface area contributed by atoms with Gasteiger partial charge in [-0.05, 0) is 68.6 Å². The summed E-state index contributed by atoms with van der Waals surface area (Å²) in [7, 11) is 0. The van der Waals surface area contributed by atoms with Crippen LogP contribution in [0.5, 0.6) is 0 Å². The van der Waals surface area contributed by atoms with E-state index < -0.39 is 0 Å². The largest absolute Gasteiger partial charge is 0.302 e. The molecule has 4 fully saturated rings. The number of carbonyl (C=O) groups excluding carboxylic acids is 1. The fourth-order valence-electron chi connectivity index (χ4n) is 4.83. The second-order valence-electron chi connectivity index (χ2n) is 6.39. The minimum atomic E-state index is -0.268. The fourth-order valence-corrected chi connectivity index (χ4v) is 5.32. The maximum absolute atomic E-state index is 11.3. The third-order valence-corrected chi connectivity index (χ3v) is 6.32. The summed E-state index contributed by atoms with van der Waals surface area (Å²) in [6.45, 7) is 2.09. The number of hydrogen-bond donors (Lipinski definition) is 0. The summed E-state index contributed by atoms with van der Waals surface area (Å²) in [5, 5.41) is 0. The topological polar surface area (TPSA) is 17.1 Å². The fraction of sp³-hybridized carbons (Fsp3) is 0.923. The number of halogens is 1. The van der Waals surface area contributed by atoms with Gasteiger partial charge in [0.25, 0.3) is 0 Å². The number of aldehydes is 1. The molecule has 4 rings (SSSR count). The van der Waals surface area contributed by atoms with Gasteiger partial charge in [-0.3, -0.25) is 0 Å². The van der Waals surface area contributed by atoms with Crippen molar-refractivity contribution in [2.75, 3.05) is 0 Å². The molecule has 0 aromatic carbocycles. The van der Waals surface area contributed by atoms with Crippen molar-refractivity contribution in [1.82, 2.24) is 0 Å². The average molecular weight is 271 g/mol. The summed E-state index contributed by atoms with van der Waals surface area (Å²) >= 11 is 3.70. The van der Waals surface area contributed by atoms with Crippen LogP contribution in [0.3, 0.4) is 0 Å². The van der Waals surface area contributed by atoms with Crippen molar-refractivity contribution in [3.05, 3.63) is 0 Å². The molecular weight excluding hydrogens is 252 g/mol. The maximum atomic E-state index is 11.3. The Bertz CT molecular complexity index is 260. The summed E-state index contributed by atoms with van der Waals surface area (Å²) in [6.07, 6.45) is 9.36. The van der Waals surface area contributed by atoms with Crippen molar-refractivity contribution in [3.8, 4) is 0 Å². The Balaban J connectivity index is 1.96. The van der Waals surface area contributed by atoms with Gasteiger partial charge in [0.15, 0.2) is 0 Å². The van der Waals surface area contributed by atoms with E-state index >= 15 is 0 Å². The van der Waals surface area contributed by atoms with Gasteiger partial charge < -0.3 is 4.79 Å². The van der Waals surface area contributed by atoms with Crippen LogP contribution < -0.4 is 0 Å². The monoisotopic (exact) mass is 270 g/mol. The first kappa shape index (κ1) is 10.3. The van der Waals surface area contributed by atoms with Crippen LogP contribution in [0.15, 0.2) is 0 Å². The molecule has 0 aromatic rings. The van der Waals surface area contributed by atoms with E-state index in [-0.39, 0.29) is 4.32 Å². The summed E-state index contributed by atoms with van der Waals surface area (Å²) in [5.41, 5.74) is 0.295. The lowest BCUT2D eigenvalue weighted by Crippen LogP contribution is -2.55. The lowest BCUT2D eigenvalue weighted by Gasteiger charge is -2.60. The second-order valence-corrected chi connectivity index (χ2v) is 8.04. The molecule has 0 heterocycles. The van der Waals surface area contributed by atoms with E-state index in [4.69, 9.17) is 0 Å². The molecule has 0 saturated heterocycles. The lowest BCUT2D eigenvalue weighted by atomic mass is 9.47. The Labute approximate surface area is 100 Å². The van der Waals surface area contributed by atoms with Crippen LogP contribution in [0.25, 0.3) is 0 Å². The lowest BCUT2D eigenvalue weighted by molar-refractivity contribution is -0.120. The van der Waals surface area contributed by atoms with E-state index in [1.165, 1.54) is 38.5 Å². The first-order valence-corrected chi connectivity index (χ1v) is 6.99. The van der Waals surface area contributed by atoms with E-state index in [0.717, 1.165) is 24.0 Å². The van der Waals surface area contributed by atoms with Gasteiger partial charge in [-0.15, -0.1) is 0 Å². The highest BCUT2D eigenvalue weighted by atomic mass is 79.9. The van der Waals surface area contributed by atoms with Gasteiger partial charge in [0, 0.05) is 0 Å². The summed E-state index contributed by atoms with van der Waals surface area (Å²) in [6, 6.07) is 0. The van der Waals surface area contributed by atoms with Gasteiger partial charge >= 0.3 is 0 Å². The molecule has 15 heavy (non-hydrogen) atoms. The molecule has 1 unspecified atom stereocenters. The molecule has 0 spiro atoms. The quantitative estimate of drug-likeness (QED) is 0.554. The molecule has 0 N–H and O–H groups in total. The zero-order chi connectivity index (χ0) is 10.7. The summed E-state index contributed by atoms with van der Waals surface area (Å²) < 4.78 is -0.268. The predicted octanol–water partition coefficient (Wildman–Crippen LogP) is 3.56. The van der Waals surface area contributed by atoms with Gasteiger partial charge in [0.05, 0.1) is 4.32 Å². The molecule has 4 aliphatic rings. The van der Waals surface area contributed by atoms with Gasteiger partial charge in [-0.2, -0.15) is 0 Å². The number of rotatable bonds is 2. The molecule has 0 amide bonds. The maximum Gasteiger partial charge on any atom is 0.136 e. The Morgan fingerprint density at radius 1 is 1.13 bits per heavy atom. The van der Waals surface area contributed by atoms with E-state index in [2.05, 4.69) is 22.9 Å². The SMILES string of the molecule is CC(Br)(C=O)C12CC3CC(CC(C3)C1)C2. The minimum Gasteiger partial charge on any atom is -0.302 e. The van der Waals surface area contributed by atoms with Crippen molar-refractivity contribution in [3.63, 3.8) is 0 Å². The van der Waals surface area contributed by atoms with Crippen LogP contribution in [-0.2, 0) is 4.79 Å². The van der Waals surface area contributed by atoms with Crippen molar-refractivity contribution >= 4 is 22.2 Å². The van der Waals surface area contributed by atoms with Crippen LogP contribution in [0.4, 0.5) is 0 Å². The Morgan fingerprint density at radius 3 is 1.87 bits per heavy atom. The zero-order valence-corrected chi connectivity index (χ0v) is 10.9. The molecular formula is C13H19BrO. The number of hydrogen-bond acceptors (Lipinski definition) is 1. The van der Waals surface area contributed by atoms with Crippen LogP contribution in [0, 0.1) is 23.2 Å². The minimum absolute atomic E-state index is 0.268. The molecule has 4 aliphatic carbocycles. The van der Waals surface area contributed by atoms with E-state index in [1.54, 1.807) is 0 Å². The smallest absolute Gasteiger partial charge is 0.136 e. The van der Waals surface area contributed by atoms with Crippen molar-refractivity contribution in [2.45, 2.75) is 49.8 Å². The van der Waals surface area contributed by atoms with Crippen LogP contribution >= 0.6 is 15.9 Å². The van der Waals surface area contributed by atoms with Crippen molar-refractivity contribution in [1.29, 1.82) is 0 Å². The molecule has 4 bridgehead atoms. The van der Waals surface area contributed by atoms with Crippen LogP contribution in [0.2, 0.25) is 0 Å². The number of carbonyl (C=O) groups is 1. The highest BCUT2D eigenvalue weighted by Gasteiger charge is 2.57. The average Bonchev–Trinajstić information content (AvgIpc) is 2.15. The van der Waals surface area contributed by atoms with Crippen LogP contribution in [0.1, 0.15) is 45.4 Å². The molecule has 0 radical (unpaired) electrons. The van der Waals surface area contributed by atoms with Crippen molar-refractivity contribution in [2.24, 2.45) is 23.2 Å². The third-order valence-electron chi connectivity index (χ3n) is 5.30. The zero-order valence-electron chi connectivity index (χ0n) is 9.34. The Hall–Kier alpha value is 0.150. The van der Waals surface area contributed by atoms with E-state index in [9.17, 15) is 4.79 Å². The molecule has 84 valence electrons. The highest BCUT2D eigenvalue weighted by Crippen LogP contribution is 2.64. The molecule has 0 aliphatic heterocycles. The number of alkyl halides is 1. The van der Waals surface area contributed by atoms with Gasteiger partial charge in [0.1, 0.15) is 6.29 Å². The first-order chi connectivity index (χ1) is 7.05. The summed E-state index contributed by atoms with van der Waals surface area (Å²) in [4.78, 5) is 11.3. The molecule has 0 aromatic heterocycles. The Kier molecular flexibility index (Phi) is 2.12. The molecule has 1 atom stereocenters. The Morgan fingerprint density at radius 2 is 1.53 bits per heavy atom. The normalized spacial score (nSPS) is 51.5. The van der Waals surface area contributed by atoms with Gasteiger partial charge in [-0.25, -0.2) is 0 Å². The third kappa shape index (κ3) is 1.36. The summed E-state index contributed by atoms with van der Waals surface area (Å²) in [5.74, 6) is 2.77. The molecule has 2 heteroatoms. The van der Waals surface area contributed by atoms with E-state index in [1.807, 2.05) is 0 Å². The predicted molar refractivity (Wildman–Crippen MR) is 64.0 cm³/mol. The highest BCUT2D eigenvalue weighted by molar-refractivity contribution is 9.10. The standard InChI is InChI=1S/C13H19BrO/c1-12(14,8-15)13-5-9-2-10(6-13)4-11(3-9)7-13/h8-11H,2-7H2,1H3. The van der Waals surface area contributed by atoms with Crippen LogP contribution in [-0.4, -0.2) is 10.6 Å². The molecule has 4 saturated carbocycles. The van der Waals surface area contributed by atoms with E-state index in [0.29, 0.717) is 5.41 Å². The first-order valence-electron chi connectivity index (χ1n) is 6.20.